The first-order valence-electron chi connectivity index (χ1n) is 6.50. The number of carbonyl (C=O) groups is 1. The van der Waals surface area contributed by atoms with Gasteiger partial charge in [-0.25, -0.2) is 0 Å². The number of carbonyl (C=O) groups excluding carboxylic acids is 1. The van der Waals surface area contributed by atoms with Crippen LogP contribution in [0, 0.1) is 0 Å². The molecule has 1 amide bonds. The number of hydrogen-bond acceptors (Lipinski definition) is 5. The maximum Gasteiger partial charge on any atom is 0.236 e. The average molecular weight is 254 g/mol. The average Bonchev–Trinajstić information content (AvgIpc) is 2.87. The third kappa shape index (κ3) is 5.77. The molecule has 0 saturated heterocycles. The van der Waals surface area contributed by atoms with Gasteiger partial charge in [-0.1, -0.05) is 24.9 Å². The van der Waals surface area contributed by atoms with Crippen molar-refractivity contribution in [2.75, 3.05) is 13.1 Å². The minimum absolute atomic E-state index is 0.0409. The van der Waals surface area contributed by atoms with Gasteiger partial charge in [0.1, 0.15) is 0 Å². The van der Waals surface area contributed by atoms with E-state index in [4.69, 9.17) is 0 Å². The van der Waals surface area contributed by atoms with Crippen molar-refractivity contribution < 1.29 is 9.32 Å². The second-order valence-electron chi connectivity index (χ2n) is 4.27. The van der Waals surface area contributed by atoms with Gasteiger partial charge in [0.05, 0.1) is 6.04 Å². The smallest absolute Gasteiger partial charge is 0.236 e. The van der Waals surface area contributed by atoms with Crippen molar-refractivity contribution >= 4 is 5.91 Å². The molecule has 1 atom stereocenters. The number of hydrogen-bond donors (Lipinski definition) is 2. The number of aromatic nitrogens is 2. The van der Waals surface area contributed by atoms with Gasteiger partial charge in [0.15, 0.2) is 5.82 Å². The Hall–Kier alpha value is -1.43. The molecule has 18 heavy (non-hydrogen) atoms. The number of rotatable bonds is 9. The van der Waals surface area contributed by atoms with Crippen LogP contribution >= 0.6 is 0 Å². The zero-order valence-corrected chi connectivity index (χ0v) is 11.1. The van der Waals surface area contributed by atoms with E-state index in [1.54, 1.807) is 0 Å². The van der Waals surface area contributed by atoms with Crippen LogP contribution in [-0.2, 0) is 11.2 Å². The summed E-state index contributed by atoms with van der Waals surface area (Å²) in [6.45, 7) is 5.40. The first kappa shape index (κ1) is 14.6. The fraction of sp³-hybridized carbons (Fsp3) is 0.750. The molecule has 0 aliphatic carbocycles. The third-order valence-electron chi connectivity index (χ3n) is 2.68. The van der Waals surface area contributed by atoms with Crippen LogP contribution in [0.5, 0.6) is 0 Å². The van der Waals surface area contributed by atoms with E-state index >= 15 is 0 Å². The second-order valence-corrected chi connectivity index (χ2v) is 4.27. The van der Waals surface area contributed by atoms with Gasteiger partial charge in [-0.15, -0.1) is 0 Å². The summed E-state index contributed by atoms with van der Waals surface area (Å²) in [5, 5.41) is 9.74. The van der Waals surface area contributed by atoms with Gasteiger partial charge in [0.2, 0.25) is 12.3 Å². The third-order valence-corrected chi connectivity index (χ3v) is 2.68. The number of nitrogens with one attached hydrogen (secondary N) is 2. The molecule has 0 radical (unpaired) electrons. The molecular formula is C12H22N4O2. The van der Waals surface area contributed by atoms with E-state index in [0.717, 1.165) is 25.8 Å². The topological polar surface area (TPSA) is 80.0 Å². The fourth-order valence-electron chi connectivity index (χ4n) is 1.54. The summed E-state index contributed by atoms with van der Waals surface area (Å²) in [5.41, 5.74) is 0. The summed E-state index contributed by atoms with van der Waals surface area (Å²) in [7, 11) is 0. The SMILES string of the molecule is CCCCCNC(=O)C(C)NCCc1ncon1. The largest absolute Gasteiger partial charge is 0.355 e. The Morgan fingerprint density at radius 3 is 2.94 bits per heavy atom. The van der Waals surface area contributed by atoms with Gasteiger partial charge in [-0.3, -0.25) is 4.79 Å². The van der Waals surface area contributed by atoms with Crippen molar-refractivity contribution in [3.63, 3.8) is 0 Å². The van der Waals surface area contributed by atoms with E-state index in [9.17, 15) is 4.79 Å². The first-order valence-corrected chi connectivity index (χ1v) is 6.50. The van der Waals surface area contributed by atoms with Gasteiger partial charge < -0.3 is 15.2 Å². The quantitative estimate of drug-likeness (QED) is 0.640. The molecule has 2 N–H and O–H groups in total. The van der Waals surface area contributed by atoms with E-state index in [1.165, 1.54) is 6.39 Å². The van der Waals surface area contributed by atoms with E-state index in [-0.39, 0.29) is 11.9 Å². The van der Waals surface area contributed by atoms with Crippen LogP contribution in [0.2, 0.25) is 0 Å². The van der Waals surface area contributed by atoms with Crippen LogP contribution in [0.4, 0.5) is 0 Å². The van der Waals surface area contributed by atoms with E-state index in [1.807, 2.05) is 6.92 Å². The Balaban J connectivity index is 2.08. The Labute approximate surface area is 108 Å². The predicted octanol–water partition coefficient (Wildman–Crippen LogP) is 0.897. The van der Waals surface area contributed by atoms with Crippen LogP contribution in [0.3, 0.4) is 0 Å². The molecule has 0 aromatic carbocycles. The van der Waals surface area contributed by atoms with Crippen LogP contribution in [-0.4, -0.2) is 35.2 Å². The maximum absolute atomic E-state index is 11.7. The van der Waals surface area contributed by atoms with Crippen LogP contribution in [0.15, 0.2) is 10.9 Å². The molecular weight excluding hydrogens is 232 g/mol. The fourth-order valence-corrected chi connectivity index (χ4v) is 1.54. The highest BCUT2D eigenvalue weighted by Gasteiger charge is 2.11. The molecule has 0 aliphatic heterocycles. The number of amides is 1. The minimum atomic E-state index is -0.196. The number of nitrogens with zero attached hydrogens (tertiary/aromatic N) is 2. The Morgan fingerprint density at radius 1 is 1.44 bits per heavy atom. The van der Waals surface area contributed by atoms with Gasteiger partial charge in [-0.2, -0.15) is 4.98 Å². The first-order chi connectivity index (χ1) is 8.74. The van der Waals surface area contributed by atoms with E-state index in [0.29, 0.717) is 18.8 Å². The molecule has 102 valence electrons. The summed E-state index contributed by atoms with van der Waals surface area (Å²) in [4.78, 5) is 15.6. The molecule has 1 aromatic rings. The summed E-state index contributed by atoms with van der Waals surface area (Å²) in [5.74, 6) is 0.692. The summed E-state index contributed by atoms with van der Waals surface area (Å²) in [6, 6.07) is -0.196. The van der Waals surface area contributed by atoms with Crippen molar-refractivity contribution in [1.82, 2.24) is 20.8 Å². The Morgan fingerprint density at radius 2 is 2.28 bits per heavy atom. The van der Waals surface area contributed by atoms with Crippen LogP contribution in [0.25, 0.3) is 0 Å². The monoisotopic (exact) mass is 254 g/mol. The van der Waals surface area contributed by atoms with Crippen molar-refractivity contribution in [3.05, 3.63) is 12.2 Å². The van der Waals surface area contributed by atoms with Crippen molar-refractivity contribution in [2.24, 2.45) is 0 Å². The van der Waals surface area contributed by atoms with Gasteiger partial charge in [-0.05, 0) is 13.3 Å². The summed E-state index contributed by atoms with van der Waals surface area (Å²) >= 11 is 0. The Bertz CT molecular complexity index is 327. The lowest BCUT2D eigenvalue weighted by Crippen LogP contribution is -2.43. The van der Waals surface area contributed by atoms with Crippen LogP contribution < -0.4 is 10.6 Å². The molecule has 1 unspecified atom stereocenters. The highest BCUT2D eigenvalue weighted by atomic mass is 16.5. The molecule has 0 aliphatic rings. The van der Waals surface area contributed by atoms with Crippen molar-refractivity contribution in [3.8, 4) is 0 Å². The van der Waals surface area contributed by atoms with Crippen molar-refractivity contribution in [2.45, 2.75) is 45.6 Å². The molecule has 0 bridgehead atoms. The number of unbranched alkanes of at least 4 members (excludes halogenated alkanes) is 2. The summed E-state index contributed by atoms with van der Waals surface area (Å²) in [6.07, 6.45) is 5.31. The van der Waals surface area contributed by atoms with Crippen LogP contribution in [0.1, 0.15) is 38.9 Å². The molecule has 6 heteroatoms. The molecule has 1 rings (SSSR count). The predicted molar refractivity (Wildman–Crippen MR) is 68.0 cm³/mol. The molecule has 0 fully saturated rings. The minimum Gasteiger partial charge on any atom is -0.355 e. The molecule has 0 saturated carbocycles. The van der Waals surface area contributed by atoms with E-state index < -0.39 is 0 Å². The molecule has 6 nitrogen and oxygen atoms in total. The summed E-state index contributed by atoms with van der Waals surface area (Å²) < 4.78 is 4.63. The maximum atomic E-state index is 11.7. The Kier molecular flexibility index (Phi) is 7.01. The van der Waals surface area contributed by atoms with Gasteiger partial charge in [0, 0.05) is 19.5 Å². The molecule has 1 heterocycles. The zero-order valence-electron chi connectivity index (χ0n) is 11.1. The second kappa shape index (κ2) is 8.63. The highest BCUT2D eigenvalue weighted by Crippen LogP contribution is 1.92. The molecule has 0 spiro atoms. The standard InChI is InChI=1S/C12H22N4O2/c1-3-4-5-7-14-12(17)10(2)13-8-6-11-15-9-18-16-11/h9-10,13H,3-8H2,1-2H3,(H,14,17). The zero-order chi connectivity index (χ0) is 13.2. The lowest BCUT2D eigenvalue weighted by Gasteiger charge is -2.13. The lowest BCUT2D eigenvalue weighted by atomic mass is 10.2. The lowest BCUT2D eigenvalue weighted by molar-refractivity contribution is -0.122. The van der Waals surface area contributed by atoms with Crippen molar-refractivity contribution in [1.29, 1.82) is 0 Å². The van der Waals surface area contributed by atoms with Gasteiger partial charge in [0.25, 0.3) is 0 Å². The normalized spacial score (nSPS) is 12.3. The van der Waals surface area contributed by atoms with E-state index in [2.05, 4.69) is 32.2 Å². The molecule has 1 aromatic heterocycles. The highest BCUT2D eigenvalue weighted by molar-refractivity contribution is 5.81. The van der Waals surface area contributed by atoms with Gasteiger partial charge >= 0.3 is 0 Å².